The summed E-state index contributed by atoms with van der Waals surface area (Å²) in [5.41, 5.74) is 11.0. The first-order valence-corrected chi connectivity index (χ1v) is 9.62. The van der Waals surface area contributed by atoms with E-state index in [0.29, 0.717) is 6.54 Å². The lowest BCUT2D eigenvalue weighted by molar-refractivity contribution is -0.107. The molecule has 1 aromatic rings. The molecule has 3 aliphatic rings. The second-order valence-corrected chi connectivity index (χ2v) is 8.73. The van der Waals surface area contributed by atoms with Gasteiger partial charge >= 0.3 is 0 Å². The zero-order valence-corrected chi connectivity index (χ0v) is 15.8. The van der Waals surface area contributed by atoms with Crippen molar-refractivity contribution in [3.63, 3.8) is 0 Å². The number of fused-ring (bicyclic) bond motifs is 3. The molecule has 1 saturated carbocycles. The molecule has 0 amide bonds. The number of azide groups is 1. The summed E-state index contributed by atoms with van der Waals surface area (Å²) in [7, 11) is 0. The van der Waals surface area contributed by atoms with Crippen molar-refractivity contribution in [1.29, 1.82) is 0 Å². The lowest BCUT2D eigenvalue weighted by Crippen LogP contribution is -2.40. The summed E-state index contributed by atoms with van der Waals surface area (Å²) in [6, 6.07) is 4.04. The summed E-state index contributed by atoms with van der Waals surface area (Å²) in [4.78, 5) is 2.92. The van der Waals surface area contributed by atoms with Crippen molar-refractivity contribution in [2.75, 3.05) is 6.54 Å². The fraction of sp³-hybridized carbons (Fsp3) is 0.700. The smallest absolute Gasteiger partial charge is 0.251 e. The molecule has 2 heterocycles. The van der Waals surface area contributed by atoms with Crippen LogP contribution in [0.3, 0.4) is 0 Å². The Morgan fingerprint density at radius 1 is 1.19 bits per heavy atom. The highest BCUT2D eigenvalue weighted by Gasteiger charge is 2.46. The molecule has 0 aromatic heterocycles. The van der Waals surface area contributed by atoms with Crippen LogP contribution >= 0.6 is 0 Å². The van der Waals surface area contributed by atoms with Crippen LogP contribution in [0.1, 0.15) is 70.1 Å². The third-order valence-corrected chi connectivity index (χ3v) is 5.80. The van der Waals surface area contributed by atoms with Crippen LogP contribution in [-0.4, -0.2) is 18.4 Å². The predicted molar refractivity (Wildman–Crippen MR) is 98.3 cm³/mol. The van der Waals surface area contributed by atoms with Crippen LogP contribution < -0.4 is 9.47 Å². The molecular weight excluding hydrogens is 330 g/mol. The third kappa shape index (κ3) is 3.01. The Balaban J connectivity index is 1.72. The van der Waals surface area contributed by atoms with Crippen LogP contribution in [-0.2, 0) is 11.2 Å². The van der Waals surface area contributed by atoms with Gasteiger partial charge in [0.15, 0.2) is 11.5 Å². The lowest BCUT2D eigenvalue weighted by Gasteiger charge is -2.39. The molecule has 26 heavy (non-hydrogen) atoms. The van der Waals surface area contributed by atoms with E-state index in [1.165, 1.54) is 6.42 Å². The Kier molecular flexibility index (Phi) is 4.28. The van der Waals surface area contributed by atoms with Gasteiger partial charge < -0.3 is 14.2 Å². The minimum atomic E-state index is -0.481. The van der Waals surface area contributed by atoms with Crippen molar-refractivity contribution in [2.24, 2.45) is 10.5 Å². The van der Waals surface area contributed by atoms with Gasteiger partial charge in [-0.25, -0.2) is 0 Å². The van der Waals surface area contributed by atoms with Crippen molar-refractivity contribution in [1.82, 2.24) is 0 Å². The first-order valence-electron chi connectivity index (χ1n) is 9.62. The molecule has 2 atom stereocenters. The SMILES string of the molecule is CC(C)(C)C1Cc2c(ccc3c2OC2(CCCCC2)O3)C(CN=[N+]=[N-])O1. The van der Waals surface area contributed by atoms with E-state index in [1.54, 1.807) is 0 Å². The number of nitrogens with zero attached hydrogens (tertiary/aromatic N) is 3. The van der Waals surface area contributed by atoms with Gasteiger partial charge in [-0.05, 0) is 35.4 Å². The average molecular weight is 357 g/mol. The van der Waals surface area contributed by atoms with Crippen LogP contribution in [0.15, 0.2) is 17.2 Å². The third-order valence-electron chi connectivity index (χ3n) is 5.80. The Hall–Kier alpha value is -1.91. The summed E-state index contributed by atoms with van der Waals surface area (Å²) in [6.45, 7) is 6.82. The highest BCUT2D eigenvalue weighted by molar-refractivity contribution is 5.55. The minimum Gasteiger partial charge on any atom is -0.448 e. The van der Waals surface area contributed by atoms with Crippen LogP contribution in [0.2, 0.25) is 0 Å². The Morgan fingerprint density at radius 2 is 1.96 bits per heavy atom. The van der Waals surface area contributed by atoms with Gasteiger partial charge in [0.25, 0.3) is 5.79 Å². The molecule has 140 valence electrons. The van der Waals surface area contributed by atoms with Crippen LogP contribution in [0, 0.1) is 5.41 Å². The van der Waals surface area contributed by atoms with E-state index in [0.717, 1.165) is 54.7 Å². The fourth-order valence-corrected chi connectivity index (χ4v) is 4.30. The first kappa shape index (κ1) is 17.5. The van der Waals surface area contributed by atoms with Gasteiger partial charge in [0, 0.05) is 29.7 Å². The topological polar surface area (TPSA) is 76.5 Å². The molecule has 1 spiro atoms. The largest absolute Gasteiger partial charge is 0.448 e. The van der Waals surface area contributed by atoms with E-state index in [9.17, 15) is 0 Å². The zero-order valence-electron chi connectivity index (χ0n) is 15.8. The highest BCUT2D eigenvalue weighted by Crippen LogP contribution is 2.51. The minimum absolute atomic E-state index is 0.0169. The fourth-order valence-electron chi connectivity index (χ4n) is 4.30. The molecule has 6 nitrogen and oxygen atoms in total. The van der Waals surface area contributed by atoms with Crippen molar-refractivity contribution >= 4 is 0 Å². The molecule has 0 bridgehead atoms. The van der Waals surface area contributed by atoms with Gasteiger partial charge in [0.05, 0.1) is 18.8 Å². The Morgan fingerprint density at radius 3 is 2.65 bits per heavy atom. The van der Waals surface area contributed by atoms with Crippen LogP contribution in [0.25, 0.3) is 10.4 Å². The van der Waals surface area contributed by atoms with E-state index >= 15 is 0 Å². The maximum Gasteiger partial charge on any atom is 0.251 e. The Labute approximate surface area is 154 Å². The summed E-state index contributed by atoms with van der Waals surface area (Å²) in [6.07, 6.45) is 6.00. The molecule has 4 rings (SSSR count). The Bertz CT molecular complexity index is 743. The molecule has 1 aromatic carbocycles. The van der Waals surface area contributed by atoms with Gasteiger partial charge in [-0.2, -0.15) is 0 Å². The van der Waals surface area contributed by atoms with E-state index in [4.69, 9.17) is 19.7 Å². The van der Waals surface area contributed by atoms with E-state index in [-0.39, 0.29) is 17.6 Å². The second kappa shape index (κ2) is 6.36. The number of ether oxygens (including phenoxy) is 3. The van der Waals surface area contributed by atoms with Gasteiger partial charge in [-0.1, -0.05) is 38.4 Å². The standard InChI is InChI=1S/C20H27N3O3/c1-19(2,3)17-11-14-13(16(24-17)12-22-23-21)7-8-15-18(14)26-20(25-15)9-5-4-6-10-20/h7-8,16-17H,4-6,9-12H2,1-3H3. The van der Waals surface area contributed by atoms with Crippen molar-refractivity contribution in [2.45, 2.75) is 77.3 Å². The van der Waals surface area contributed by atoms with E-state index < -0.39 is 5.79 Å². The number of hydrogen-bond donors (Lipinski definition) is 0. The molecular formula is C20H27N3O3. The molecule has 2 unspecified atom stereocenters. The first-order chi connectivity index (χ1) is 12.4. The van der Waals surface area contributed by atoms with Crippen molar-refractivity contribution < 1.29 is 14.2 Å². The summed E-state index contributed by atoms with van der Waals surface area (Å²) in [5.74, 6) is 1.25. The van der Waals surface area contributed by atoms with E-state index in [2.05, 4.69) is 36.9 Å². The molecule has 1 aliphatic carbocycles. The normalized spacial score (nSPS) is 26.3. The molecule has 2 aliphatic heterocycles. The predicted octanol–water partition coefficient (Wildman–Crippen LogP) is 5.46. The lowest BCUT2D eigenvalue weighted by atomic mass is 9.81. The molecule has 0 saturated heterocycles. The van der Waals surface area contributed by atoms with Gasteiger partial charge in [-0.3, -0.25) is 0 Å². The summed E-state index contributed by atoms with van der Waals surface area (Å²) in [5, 5.41) is 3.77. The number of hydrogen-bond acceptors (Lipinski definition) is 4. The monoisotopic (exact) mass is 357 g/mol. The average Bonchev–Trinajstić information content (AvgIpc) is 2.97. The quantitative estimate of drug-likeness (QED) is 0.401. The summed E-state index contributed by atoms with van der Waals surface area (Å²) >= 11 is 0. The zero-order chi connectivity index (χ0) is 18.4. The van der Waals surface area contributed by atoms with Crippen LogP contribution in [0.5, 0.6) is 11.5 Å². The van der Waals surface area contributed by atoms with E-state index in [1.807, 2.05) is 6.07 Å². The van der Waals surface area contributed by atoms with Gasteiger partial charge in [0.1, 0.15) is 0 Å². The van der Waals surface area contributed by atoms with Crippen molar-refractivity contribution in [3.05, 3.63) is 33.7 Å². The summed E-state index contributed by atoms with van der Waals surface area (Å²) < 4.78 is 19.1. The maximum absolute atomic E-state index is 8.75. The molecule has 0 N–H and O–H groups in total. The molecule has 6 heteroatoms. The van der Waals surface area contributed by atoms with Crippen LogP contribution in [0.4, 0.5) is 0 Å². The van der Waals surface area contributed by atoms with Gasteiger partial charge in [-0.15, -0.1) is 0 Å². The van der Waals surface area contributed by atoms with Gasteiger partial charge in [0.2, 0.25) is 0 Å². The maximum atomic E-state index is 8.75. The number of rotatable bonds is 2. The molecule has 1 fully saturated rings. The van der Waals surface area contributed by atoms with Crippen molar-refractivity contribution in [3.8, 4) is 11.5 Å². The second-order valence-electron chi connectivity index (χ2n) is 8.73. The molecule has 0 radical (unpaired) electrons. The number of benzene rings is 1. The highest BCUT2D eigenvalue weighted by atomic mass is 16.7.